The third-order valence-electron chi connectivity index (χ3n) is 2.75. The standard InChI is InChI=1S/C13H24O3.Na/c1-2-3-4-5-6-7-8-9-10-11-12(14)13(15)16;/h2-11H2,1H3,(H,15,16);. The minimum absolute atomic E-state index is 0. The van der Waals surface area contributed by atoms with Gasteiger partial charge in [-0.2, -0.15) is 0 Å². The molecule has 0 unspecified atom stereocenters. The summed E-state index contributed by atoms with van der Waals surface area (Å²) in [6.07, 6.45) is 10.7. The van der Waals surface area contributed by atoms with E-state index in [2.05, 4.69) is 6.92 Å². The Kier molecular flexibility index (Phi) is 16.3. The number of hydrogen-bond donors (Lipinski definition) is 1. The van der Waals surface area contributed by atoms with Crippen LogP contribution in [0.15, 0.2) is 0 Å². The molecule has 0 bridgehead atoms. The molecule has 0 aromatic heterocycles. The maximum absolute atomic E-state index is 10.8. The largest absolute Gasteiger partial charge is 0.476 e. The van der Waals surface area contributed by atoms with Crippen LogP contribution in [0.3, 0.4) is 0 Å². The van der Waals surface area contributed by atoms with Crippen LogP contribution < -0.4 is 0 Å². The van der Waals surface area contributed by atoms with Crippen molar-refractivity contribution in [3.63, 3.8) is 0 Å². The van der Waals surface area contributed by atoms with E-state index in [1.165, 1.54) is 38.5 Å². The molecule has 0 saturated heterocycles. The quantitative estimate of drug-likeness (QED) is 0.348. The number of carbonyl (C=O) groups is 2. The molecule has 17 heavy (non-hydrogen) atoms. The second-order valence-electron chi connectivity index (χ2n) is 4.31. The molecule has 0 heterocycles. The van der Waals surface area contributed by atoms with Crippen LogP contribution >= 0.6 is 0 Å². The van der Waals surface area contributed by atoms with E-state index >= 15 is 0 Å². The van der Waals surface area contributed by atoms with E-state index in [0.29, 0.717) is 0 Å². The minimum Gasteiger partial charge on any atom is -0.476 e. The van der Waals surface area contributed by atoms with E-state index in [4.69, 9.17) is 5.11 Å². The van der Waals surface area contributed by atoms with Crippen molar-refractivity contribution in [3.8, 4) is 0 Å². The molecule has 0 aliphatic rings. The zero-order valence-corrected chi connectivity index (χ0v) is 13.3. The second-order valence-corrected chi connectivity index (χ2v) is 4.31. The van der Waals surface area contributed by atoms with Crippen LogP contribution in [-0.2, 0) is 9.59 Å². The van der Waals surface area contributed by atoms with Crippen molar-refractivity contribution in [2.75, 3.05) is 0 Å². The molecule has 0 aliphatic heterocycles. The van der Waals surface area contributed by atoms with Crippen LogP contribution in [0.25, 0.3) is 0 Å². The third kappa shape index (κ3) is 14.1. The zero-order valence-electron chi connectivity index (χ0n) is 11.3. The van der Waals surface area contributed by atoms with Crippen LogP contribution in [0.2, 0.25) is 0 Å². The maximum atomic E-state index is 10.8. The van der Waals surface area contributed by atoms with E-state index in [1.54, 1.807) is 0 Å². The number of unbranched alkanes of at least 4 members (excludes halogenated alkanes) is 8. The Labute approximate surface area is 127 Å². The van der Waals surface area contributed by atoms with Crippen molar-refractivity contribution in [2.45, 2.75) is 71.1 Å². The molecule has 0 spiro atoms. The molecule has 95 valence electrons. The van der Waals surface area contributed by atoms with Crippen molar-refractivity contribution in [1.82, 2.24) is 0 Å². The third-order valence-corrected chi connectivity index (χ3v) is 2.75. The Morgan fingerprint density at radius 3 is 1.65 bits per heavy atom. The molecule has 0 atom stereocenters. The van der Waals surface area contributed by atoms with Crippen molar-refractivity contribution in [1.29, 1.82) is 0 Å². The molecule has 0 rings (SSSR count). The van der Waals surface area contributed by atoms with Gasteiger partial charge in [0.25, 0.3) is 0 Å². The molecule has 4 heteroatoms. The molecule has 1 radical (unpaired) electrons. The number of aliphatic carboxylic acids is 1. The Morgan fingerprint density at radius 2 is 1.24 bits per heavy atom. The number of carboxylic acids is 1. The fourth-order valence-corrected chi connectivity index (χ4v) is 1.70. The average molecular weight is 251 g/mol. The minimum atomic E-state index is -1.29. The number of ketones is 1. The van der Waals surface area contributed by atoms with Crippen LogP contribution in [0, 0.1) is 0 Å². The van der Waals surface area contributed by atoms with Gasteiger partial charge < -0.3 is 5.11 Å². The number of rotatable bonds is 11. The SMILES string of the molecule is CCCCCCCCCCCC(=O)C(=O)O.[Na]. The van der Waals surface area contributed by atoms with E-state index in [1.807, 2.05) is 0 Å². The molecule has 0 fully saturated rings. The van der Waals surface area contributed by atoms with Crippen molar-refractivity contribution < 1.29 is 14.7 Å². The maximum Gasteiger partial charge on any atom is 0.372 e. The van der Waals surface area contributed by atoms with Gasteiger partial charge in [-0.25, -0.2) is 4.79 Å². The van der Waals surface area contributed by atoms with Crippen molar-refractivity contribution in [2.24, 2.45) is 0 Å². The first-order valence-corrected chi connectivity index (χ1v) is 6.44. The predicted octanol–water partition coefficient (Wildman–Crippen LogP) is 3.18. The first-order chi connectivity index (χ1) is 7.68. The number of hydrogen-bond acceptors (Lipinski definition) is 2. The number of carbonyl (C=O) groups excluding carboxylic acids is 1. The predicted molar refractivity (Wildman–Crippen MR) is 70.2 cm³/mol. The van der Waals surface area contributed by atoms with Crippen LogP contribution in [-0.4, -0.2) is 46.4 Å². The summed E-state index contributed by atoms with van der Waals surface area (Å²) >= 11 is 0. The van der Waals surface area contributed by atoms with Crippen LogP contribution in [0.1, 0.15) is 71.1 Å². The molecule has 0 aromatic carbocycles. The van der Waals surface area contributed by atoms with Gasteiger partial charge in [-0.1, -0.05) is 58.3 Å². The van der Waals surface area contributed by atoms with Gasteiger partial charge in [0, 0.05) is 36.0 Å². The summed E-state index contributed by atoms with van der Waals surface area (Å²) in [5.74, 6) is -1.94. The monoisotopic (exact) mass is 251 g/mol. The number of Topliss-reactive ketones (excluding diaryl/α,β-unsaturated/α-hetero) is 1. The molecular formula is C13H24NaO3. The van der Waals surface area contributed by atoms with Gasteiger partial charge in [0.15, 0.2) is 0 Å². The van der Waals surface area contributed by atoms with Gasteiger partial charge in [0.05, 0.1) is 0 Å². The second kappa shape index (κ2) is 14.2. The Morgan fingerprint density at radius 1 is 0.824 bits per heavy atom. The van der Waals surface area contributed by atoms with Crippen molar-refractivity contribution in [3.05, 3.63) is 0 Å². The van der Waals surface area contributed by atoms with Crippen molar-refractivity contribution >= 4 is 41.3 Å². The normalized spacial score (nSPS) is 9.71. The fraction of sp³-hybridized carbons (Fsp3) is 0.846. The van der Waals surface area contributed by atoms with Gasteiger partial charge in [-0.15, -0.1) is 0 Å². The Bertz CT molecular complexity index is 205. The van der Waals surface area contributed by atoms with Gasteiger partial charge in [-0.05, 0) is 6.42 Å². The van der Waals surface area contributed by atoms with Gasteiger partial charge in [-0.3, -0.25) is 4.79 Å². The summed E-state index contributed by atoms with van der Waals surface area (Å²) in [4.78, 5) is 21.0. The molecule has 0 aliphatic carbocycles. The molecule has 0 aromatic rings. The van der Waals surface area contributed by atoms with E-state index < -0.39 is 11.8 Å². The first-order valence-electron chi connectivity index (χ1n) is 6.44. The average Bonchev–Trinajstić information content (AvgIpc) is 2.26. The smallest absolute Gasteiger partial charge is 0.372 e. The Balaban J connectivity index is 0. The molecule has 0 saturated carbocycles. The summed E-state index contributed by atoms with van der Waals surface area (Å²) in [6, 6.07) is 0. The fourth-order valence-electron chi connectivity index (χ4n) is 1.70. The number of carboxylic acid groups (broad SMARTS) is 1. The summed E-state index contributed by atoms with van der Waals surface area (Å²) in [5.41, 5.74) is 0. The topological polar surface area (TPSA) is 54.4 Å². The zero-order chi connectivity index (χ0) is 12.2. The van der Waals surface area contributed by atoms with E-state index in [0.717, 1.165) is 19.3 Å². The molecule has 0 amide bonds. The summed E-state index contributed by atoms with van der Waals surface area (Å²) < 4.78 is 0. The van der Waals surface area contributed by atoms with Crippen LogP contribution in [0.5, 0.6) is 0 Å². The first kappa shape index (κ1) is 19.5. The van der Waals surface area contributed by atoms with E-state index in [-0.39, 0.29) is 36.0 Å². The van der Waals surface area contributed by atoms with Gasteiger partial charge in [0.1, 0.15) is 0 Å². The summed E-state index contributed by atoms with van der Waals surface area (Å²) in [5, 5.41) is 8.36. The molecule has 3 nitrogen and oxygen atoms in total. The Hall–Kier alpha value is 0.140. The van der Waals surface area contributed by atoms with Gasteiger partial charge >= 0.3 is 5.97 Å². The van der Waals surface area contributed by atoms with E-state index in [9.17, 15) is 9.59 Å². The molecule has 1 N–H and O–H groups in total. The van der Waals surface area contributed by atoms with Gasteiger partial charge in [0.2, 0.25) is 5.78 Å². The summed E-state index contributed by atoms with van der Waals surface area (Å²) in [6.45, 7) is 2.21. The summed E-state index contributed by atoms with van der Waals surface area (Å²) in [7, 11) is 0. The molecular weight excluding hydrogens is 227 g/mol. The van der Waals surface area contributed by atoms with Crippen LogP contribution in [0.4, 0.5) is 0 Å².